The number of nitrogens with zero attached hydrogens (tertiary/aromatic N) is 1. The predicted octanol–water partition coefficient (Wildman–Crippen LogP) is 6.40. The van der Waals surface area contributed by atoms with E-state index in [0.717, 1.165) is 12.0 Å². The van der Waals surface area contributed by atoms with Gasteiger partial charge in [0.1, 0.15) is 5.82 Å². The summed E-state index contributed by atoms with van der Waals surface area (Å²) in [7, 11) is 0. The summed E-state index contributed by atoms with van der Waals surface area (Å²) >= 11 is 0. The molecule has 2 aliphatic heterocycles. The van der Waals surface area contributed by atoms with Gasteiger partial charge in [0, 0.05) is 18.5 Å². The smallest absolute Gasteiger partial charge is 0.390 e. The number of hydrogen-bond acceptors (Lipinski definition) is 3. The molecule has 0 saturated carbocycles. The van der Waals surface area contributed by atoms with Gasteiger partial charge in [-0.1, -0.05) is 12.1 Å². The van der Waals surface area contributed by atoms with Gasteiger partial charge in [0.05, 0.1) is 29.4 Å². The van der Waals surface area contributed by atoms with Gasteiger partial charge in [-0.3, -0.25) is 4.90 Å². The van der Waals surface area contributed by atoms with Crippen molar-refractivity contribution < 1.29 is 40.6 Å². The SMILES string of the molecule is CC(C)(O)C1CCN2CC(OCc3cc(C(F)(F)F)cc(C(F)(F)F)c3)C(c3ccc(F)cc3)C2C1. The Kier molecular flexibility index (Phi) is 7.18. The summed E-state index contributed by atoms with van der Waals surface area (Å²) in [5.74, 6) is -0.713. The summed E-state index contributed by atoms with van der Waals surface area (Å²) in [6.07, 6.45) is -9.04. The molecule has 2 aromatic rings. The Bertz CT molecular complexity index is 1030. The van der Waals surface area contributed by atoms with Crippen LogP contribution in [0.2, 0.25) is 0 Å². The first-order chi connectivity index (χ1) is 16.6. The van der Waals surface area contributed by atoms with Crippen LogP contribution in [0.3, 0.4) is 0 Å². The van der Waals surface area contributed by atoms with Crippen LogP contribution in [0.5, 0.6) is 0 Å². The lowest BCUT2D eigenvalue weighted by Crippen LogP contribution is -2.46. The molecule has 3 nitrogen and oxygen atoms in total. The van der Waals surface area contributed by atoms with E-state index in [1.54, 1.807) is 26.0 Å². The summed E-state index contributed by atoms with van der Waals surface area (Å²) in [4.78, 5) is 2.17. The molecule has 2 fully saturated rings. The fourth-order valence-electron chi connectivity index (χ4n) is 5.46. The fourth-order valence-corrected chi connectivity index (χ4v) is 5.46. The van der Waals surface area contributed by atoms with E-state index in [4.69, 9.17) is 4.74 Å². The maximum absolute atomic E-state index is 13.6. The third-order valence-corrected chi connectivity index (χ3v) is 7.35. The van der Waals surface area contributed by atoms with Crippen LogP contribution in [0.1, 0.15) is 54.9 Å². The first kappa shape index (κ1) is 26.9. The molecule has 10 heteroatoms. The normalized spacial score (nSPS) is 25.7. The lowest BCUT2D eigenvalue weighted by Gasteiger charge is -2.41. The summed E-state index contributed by atoms with van der Waals surface area (Å²) < 4.78 is 99.2. The number of rotatable bonds is 5. The molecular formula is C26H28F7NO2. The minimum absolute atomic E-state index is 0.00161. The summed E-state index contributed by atoms with van der Waals surface area (Å²) in [5.41, 5.74) is -3.14. The van der Waals surface area contributed by atoms with E-state index in [1.165, 1.54) is 12.1 Å². The van der Waals surface area contributed by atoms with Gasteiger partial charge in [-0.25, -0.2) is 4.39 Å². The highest BCUT2D eigenvalue weighted by molar-refractivity contribution is 5.33. The van der Waals surface area contributed by atoms with E-state index in [1.807, 2.05) is 0 Å². The van der Waals surface area contributed by atoms with Gasteiger partial charge in [-0.15, -0.1) is 0 Å². The minimum Gasteiger partial charge on any atom is -0.390 e. The molecule has 0 bridgehead atoms. The topological polar surface area (TPSA) is 32.7 Å². The van der Waals surface area contributed by atoms with Crippen LogP contribution in [0.4, 0.5) is 30.7 Å². The number of fused-ring (bicyclic) bond motifs is 1. The Morgan fingerprint density at radius 2 is 1.53 bits per heavy atom. The molecule has 0 aliphatic carbocycles. The molecule has 4 unspecified atom stereocenters. The second-order valence-electron chi connectivity index (χ2n) is 10.3. The molecule has 2 saturated heterocycles. The first-order valence-corrected chi connectivity index (χ1v) is 11.7. The van der Waals surface area contributed by atoms with Crippen molar-refractivity contribution in [3.8, 4) is 0 Å². The highest BCUT2D eigenvalue weighted by Gasteiger charge is 2.48. The Morgan fingerprint density at radius 1 is 0.944 bits per heavy atom. The van der Waals surface area contributed by atoms with E-state index in [9.17, 15) is 35.8 Å². The van der Waals surface area contributed by atoms with E-state index < -0.39 is 47.6 Å². The van der Waals surface area contributed by atoms with Crippen molar-refractivity contribution in [2.45, 2.75) is 69.3 Å². The third kappa shape index (κ3) is 5.86. The molecule has 2 aliphatic rings. The largest absolute Gasteiger partial charge is 0.416 e. The molecular weight excluding hydrogens is 491 g/mol. The summed E-state index contributed by atoms with van der Waals surface area (Å²) in [6, 6.07) is 7.25. The van der Waals surface area contributed by atoms with E-state index in [-0.39, 0.29) is 29.5 Å². The van der Waals surface area contributed by atoms with Gasteiger partial charge in [-0.05, 0) is 80.6 Å². The molecule has 0 amide bonds. The quantitative estimate of drug-likeness (QED) is 0.465. The van der Waals surface area contributed by atoms with Crippen molar-refractivity contribution >= 4 is 0 Å². The standard InChI is InChI=1S/C26H28F7NO2/c1-24(2,35)17-7-8-34-13-22(23(21(34)12-17)16-3-5-20(27)6-4-16)36-14-15-9-18(25(28,29)30)11-19(10-15)26(31,32)33/h3-6,9-11,17,21-23,35H,7-8,12-14H2,1-2H3. The molecule has 4 atom stereocenters. The van der Waals surface area contributed by atoms with E-state index in [2.05, 4.69) is 4.90 Å². The molecule has 2 heterocycles. The number of piperidine rings is 1. The van der Waals surface area contributed by atoms with E-state index >= 15 is 0 Å². The zero-order valence-corrected chi connectivity index (χ0v) is 19.8. The molecule has 1 N–H and O–H groups in total. The monoisotopic (exact) mass is 519 g/mol. The van der Waals surface area contributed by atoms with Crippen LogP contribution < -0.4 is 0 Å². The van der Waals surface area contributed by atoms with Gasteiger partial charge in [-0.2, -0.15) is 26.3 Å². The van der Waals surface area contributed by atoms with Crippen molar-refractivity contribution in [2.24, 2.45) is 5.92 Å². The lowest BCUT2D eigenvalue weighted by atomic mass is 9.76. The molecule has 2 aromatic carbocycles. The molecule has 0 aromatic heterocycles. The van der Waals surface area contributed by atoms with Crippen molar-refractivity contribution in [1.29, 1.82) is 0 Å². The van der Waals surface area contributed by atoms with Crippen LogP contribution in [-0.2, 0) is 23.7 Å². The molecule has 0 radical (unpaired) electrons. The third-order valence-electron chi connectivity index (χ3n) is 7.35. The van der Waals surface area contributed by atoms with E-state index in [0.29, 0.717) is 31.6 Å². The van der Waals surface area contributed by atoms with Crippen LogP contribution in [-0.4, -0.2) is 40.8 Å². The Balaban J connectivity index is 1.62. The maximum Gasteiger partial charge on any atom is 0.416 e. The highest BCUT2D eigenvalue weighted by Crippen LogP contribution is 2.44. The van der Waals surface area contributed by atoms with Gasteiger partial charge >= 0.3 is 12.4 Å². The number of alkyl halides is 6. The molecule has 36 heavy (non-hydrogen) atoms. The van der Waals surface area contributed by atoms with Gasteiger partial charge in [0.15, 0.2) is 0 Å². The number of ether oxygens (including phenoxy) is 1. The van der Waals surface area contributed by atoms with Crippen molar-refractivity contribution in [2.75, 3.05) is 13.1 Å². The van der Waals surface area contributed by atoms with Crippen molar-refractivity contribution in [1.82, 2.24) is 4.90 Å². The highest BCUT2D eigenvalue weighted by atomic mass is 19.4. The second-order valence-corrected chi connectivity index (χ2v) is 10.3. The van der Waals surface area contributed by atoms with Crippen molar-refractivity contribution in [3.63, 3.8) is 0 Å². The van der Waals surface area contributed by atoms with Crippen molar-refractivity contribution in [3.05, 3.63) is 70.5 Å². The summed E-state index contributed by atoms with van der Waals surface area (Å²) in [5, 5.41) is 10.6. The second kappa shape index (κ2) is 9.61. The van der Waals surface area contributed by atoms with Gasteiger partial charge < -0.3 is 9.84 Å². The maximum atomic E-state index is 13.6. The predicted molar refractivity (Wildman–Crippen MR) is 119 cm³/mol. The minimum atomic E-state index is -4.94. The average Bonchev–Trinajstić information content (AvgIpc) is 3.14. The van der Waals surface area contributed by atoms with Gasteiger partial charge in [0.2, 0.25) is 0 Å². The average molecular weight is 520 g/mol. The van der Waals surface area contributed by atoms with Crippen LogP contribution in [0.15, 0.2) is 42.5 Å². The Labute approximate surface area is 204 Å². The van der Waals surface area contributed by atoms with Crippen LogP contribution in [0, 0.1) is 11.7 Å². The number of hydrogen-bond donors (Lipinski definition) is 1. The summed E-state index contributed by atoms with van der Waals surface area (Å²) in [6.45, 7) is 4.14. The first-order valence-electron chi connectivity index (χ1n) is 11.7. The fraction of sp³-hybridized carbons (Fsp3) is 0.538. The zero-order valence-electron chi connectivity index (χ0n) is 19.8. The number of benzene rings is 2. The molecule has 4 rings (SSSR count). The van der Waals surface area contributed by atoms with Gasteiger partial charge in [0.25, 0.3) is 0 Å². The Morgan fingerprint density at radius 3 is 2.06 bits per heavy atom. The Hall–Kier alpha value is -2.17. The zero-order chi connectivity index (χ0) is 26.5. The number of aliphatic hydroxyl groups is 1. The van der Waals surface area contributed by atoms with Crippen LogP contribution in [0.25, 0.3) is 0 Å². The molecule has 0 spiro atoms. The number of halogens is 7. The lowest BCUT2D eigenvalue weighted by molar-refractivity contribution is -0.143. The molecule has 198 valence electrons. The van der Waals surface area contributed by atoms with Crippen LogP contribution >= 0.6 is 0 Å².